The van der Waals surface area contributed by atoms with Gasteiger partial charge in [0.25, 0.3) is 0 Å². The van der Waals surface area contributed by atoms with Crippen LogP contribution in [-0.2, 0) is 24.4 Å². The Morgan fingerprint density at radius 3 is 2.31 bits per heavy atom. The van der Waals surface area contributed by atoms with E-state index in [1.807, 2.05) is 12.1 Å². The van der Waals surface area contributed by atoms with E-state index in [4.69, 9.17) is 9.47 Å². The number of hydrogen-bond donors (Lipinski definition) is 2. The van der Waals surface area contributed by atoms with E-state index >= 15 is 0 Å². The SMILES string of the molecule is CN=C(NCc1ccc(CN2CCCC2)cc1)NCc1cccc(OCCCOC)c1.I. The van der Waals surface area contributed by atoms with Crippen LogP contribution in [0.1, 0.15) is 36.0 Å². The van der Waals surface area contributed by atoms with Crippen molar-refractivity contribution < 1.29 is 9.47 Å². The third-order valence-electron chi connectivity index (χ3n) is 5.43. The molecule has 32 heavy (non-hydrogen) atoms. The molecule has 0 atom stereocenters. The standard InChI is InChI=1S/C25H36N4O2.HI/c1-26-25(28-19-23-7-5-8-24(17-23)31-16-6-15-30-2)27-18-21-9-11-22(12-10-21)20-29-13-3-4-14-29;/h5,7-12,17H,3-4,6,13-16,18-20H2,1-2H3,(H2,26,27,28);1H. The first-order valence-electron chi connectivity index (χ1n) is 11.2. The minimum Gasteiger partial charge on any atom is -0.493 e. The molecule has 1 aliphatic rings. The molecule has 0 spiro atoms. The Balaban J connectivity index is 0.00000363. The molecular formula is C25H37IN4O2. The maximum atomic E-state index is 5.78. The van der Waals surface area contributed by atoms with Crippen LogP contribution < -0.4 is 15.4 Å². The number of aliphatic imine (C=N–C) groups is 1. The summed E-state index contributed by atoms with van der Waals surface area (Å²) < 4.78 is 10.8. The average molecular weight is 553 g/mol. The molecule has 2 aromatic rings. The zero-order valence-electron chi connectivity index (χ0n) is 19.3. The van der Waals surface area contributed by atoms with Gasteiger partial charge in [-0.1, -0.05) is 36.4 Å². The number of guanidine groups is 1. The molecule has 0 unspecified atom stereocenters. The van der Waals surface area contributed by atoms with Gasteiger partial charge >= 0.3 is 0 Å². The average Bonchev–Trinajstić information content (AvgIpc) is 3.31. The largest absolute Gasteiger partial charge is 0.493 e. The van der Waals surface area contributed by atoms with Gasteiger partial charge in [0.2, 0.25) is 0 Å². The van der Waals surface area contributed by atoms with Gasteiger partial charge in [0.05, 0.1) is 6.61 Å². The van der Waals surface area contributed by atoms with Gasteiger partial charge in [0.15, 0.2) is 5.96 Å². The summed E-state index contributed by atoms with van der Waals surface area (Å²) in [6, 6.07) is 17.0. The normalized spacial score (nSPS) is 14.1. The van der Waals surface area contributed by atoms with Crippen molar-refractivity contribution in [1.82, 2.24) is 15.5 Å². The molecule has 0 radical (unpaired) electrons. The Morgan fingerprint density at radius 1 is 0.938 bits per heavy atom. The van der Waals surface area contributed by atoms with Crippen molar-refractivity contribution in [1.29, 1.82) is 0 Å². The van der Waals surface area contributed by atoms with Gasteiger partial charge < -0.3 is 20.1 Å². The number of hydrogen-bond acceptors (Lipinski definition) is 4. The highest BCUT2D eigenvalue weighted by Gasteiger charge is 2.11. The Hall–Kier alpha value is -1.84. The molecule has 3 rings (SSSR count). The summed E-state index contributed by atoms with van der Waals surface area (Å²) in [5, 5.41) is 6.77. The smallest absolute Gasteiger partial charge is 0.191 e. The van der Waals surface area contributed by atoms with Crippen molar-refractivity contribution in [2.45, 2.75) is 38.9 Å². The summed E-state index contributed by atoms with van der Waals surface area (Å²) in [5.41, 5.74) is 3.79. The molecule has 1 saturated heterocycles. The molecule has 1 heterocycles. The van der Waals surface area contributed by atoms with Crippen molar-refractivity contribution in [2.75, 3.05) is 40.5 Å². The van der Waals surface area contributed by atoms with E-state index in [1.54, 1.807) is 14.2 Å². The van der Waals surface area contributed by atoms with E-state index in [9.17, 15) is 0 Å². The zero-order chi connectivity index (χ0) is 21.7. The van der Waals surface area contributed by atoms with E-state index in [-0.39, 0.29) is 24.0 Å². The molecule has 2 N–H and O–H groups in total. The fourth-order valence-corrected chi connectivity index (χ4v) is 3.69. The first kappa shape index (κ1) is 26.4. The number of nitrogens with zero attached hydrogens (tertiary/aromatic N) is 2. The monoisotopic (exact) mass is 552 g/mol. The summed E-state index contributed by atoms with van der Waals surface area (Å²) in [6.45, 7) is 6.32. The number of methoxy groups -OCH3 is 1. The first-order valence-corrected chi connectivity index (χ1v) is 11.2. The lowest BCUT2D eigenvalue weighted by atomic mass is 10.1. The molecule has 1 fully saturated rings. The van der Waals surface area contributed by atoms with Crippen LogP contribution in [0.2, 0.25) is 0 Å². The lowest BCUT2D eigenvalue weighted by Gasteiger charge is -2.15. The number of ether oxygens (including phenoxy) is 2. The second-order valence-electron chi connectivity index (χ2n) is 7.92. The van der Waals surface area contributed by atoms with Crippen molar-refractivity contribution in [2.24, 2.45) is 4.99 Å². The highest BCUT2D eigenvalue weighted by atomic mass is 127. The van der Waals surface area contributed by atoms with Gasteiger partial charge in [-0.15, -0.1) is 24.0 Å². The van der Waals surface area contributed by atoms with Crippen molar-refractivity contribution in [3.05, 3.63) is 65.2 Å². The third kappa shape index (κ3) is 9.34. The molecule has 0 bridgehead atoms. The van der Waals surface area contributed by atoms with E-state index in [0.29, 0.717) is 19.8 Å². The Labute approximate surface area is 209 Å². The topological polar surface area (TPSA) is 58.1 Å². The maximum absolute atomic E-state index is 5.78. The third-order valence-corrected chi connectivity index (χ3v) is 5.43. The first-order chi connectivity index (χ1) is 15.3. The number of likely N-dealkylation sites (tertiary alicyclic amines) is 1. The van der Waals surface area contributed by atoms with Crippen LogP contribution >= 0.6 is 24.0 Å². The fraction of sp³-hybridized carbons (Fsp3) is 0.480. The number of halogens is 1. The molecule has 7 heteroatoms. The van der Waals surface area contributed by atoms with Crippen LogP contribution in [0.3, 0.4) is 0 Å². The number of nitrogens with one attached hydrogen (secondary N) is 2. The predicted molar refractivity (Wildman–Crippen MR) is 142 cm³/mol. The van der Waals surface area contributed by atoms with Crippen LogP contribution in [-0.4, -0.2) is 51.3 Å². The van der Waals surface area contributed by atoms with Crippen molar-refractivity contribution in [3.63, 3.8) is 0 Å². The Bertz CT molecular complexity index is 808. The predicted octanol–water partition coefficient (Wildman–Crippen LogP) is 4.18. The molecule has 2 aromatic carbocycles. The lowest BCUT2D eigenvalue weighted by molar-refractivity contribution is 0.172. The van der Waals surface area contributed by atoms with E-state index in [2.05, 4.69) is 56.9 Å². The van der Waals surface area contributed by atoms with Gasteiger partial charge in [-0.3, -0.25) is 9.89 Å². The van der Waals surface area contributed by atoms with Gasteiger partial charge in [0, 0.05) is 46.8 Å². The van der Waals surface area contributed by atoms with Gasteiger partial charge in [-0.25, -0.2) is 0 Å². The Kier molecular flexibility index (Phi) is 12.4. The molecule has 0 aromatic heterocycles. The highest BCUT2D eigenvalue weighted by Crippen LogP contribution is 2.14. The number of rotatable bonds is 11. The molecule has 0 aliphatic carbocycles. The van der Waals surface area contributed by atoms with Crippen LogP contribution in [0, 0.1) is 0 Å². The van der Waals surface area contributed by atoms with Crippen LogP contribution in [0.25, 0.3) is 0 Å². The number of benzene rings is 2. The summed E-state index contributed by atoms with van der Waals surface area (Å²) >= 11 is 0. The Morgan fingerprint density at radius 2 is 1.62 bits per heavy atom. The minimum atomic E-state index is 0. The fourth-order valence-electron chi connectivity index (χ4n) is 3.69. The van der Waals surface area contributed by atoms with Gasteiger partial charge in [-0.2, -0.15) is 0 Å². The minimum absolute atomic E-state index is 0. The van der Waals surface area contributed by atoms with Gasteiger partial charge in [0.1, 0.15) is 5.75 Å². The summed E-state index contributed by atoms with van der Waals surface area (Å²) in [4.78, 5) is 6.87. The van der Waals surface area contributed by atoms with E-state index < -0.39 is 0 Å². The van der Waals surface area contributed by atoms with Crippen LogP contribution in [0.4, 0.5) is 0 Å². The maximum Gasteiger partial charge on any atom is 0.191 e. The quantitative estimate of drug-likeness (QED) is 0.190. The molecule has 0 amide bonds. The van der Waals surface area contributed by atoms with E-state index in [0.717, 1.165) is 36.8 Å². The molecule has 1 aliphatic heterocycles. The second kappa shape index (κ2) is 15.1. The highest BCUT2D eigenvalue weighted by molar-refractivity contribution is 14.0. The molecule has 0 saturated carbocycles. The van der Waals surface area contributed by atoms with Crippen molar-refractivity contribution >= 4 is 29.9 Å². The summed E-state index contributed by atoms with van der Waals surface area (Å²) in [6.07, 6.45) is 3.55. The lowest BCUT2D eigenvalue weighted by Crippen LogP contribution is -2.36. The molecular weight excluding hydrogens is 515 g/mol. The van der Waals surface area contributed by atoms with Gasteiger partial charge in [-0.05, 0) is 54.8 Å². The van der Waals surface area contributed by atoms with E-state index in [1.165, 1.54) is 37.1 Å². The zero-order valence-corrected chi connectivity index (χ0v) is 21.6. The van der Waals surface area contributed by atoms with Crippen LogP contribution in [0.15, 0.2) is 53.5 Å². The molecule has 6 nitrogen and oxygen atoms in total. The summed E-state index contributed by atoms with van der Waals surface area (Å²) in [5.74, 6) is 1.67. The second-order valence-corrected chi connectivity index (χ2v) is 7.92. The molecule has 176 valence electrons. The summed E-state index contributed by atoms with van der Waals surface area (Å²) in [7, 11) is 3.50. The van der Waals surface area contributed by atoms with Crippen molar-refractivity contribution in [3.8, 4) is 5.75 Å². The van der Waals surface area contributed by atoms with Crippen LogP contribution in [0.5, 0.6) is 5.75 Å².